The van der Waals surface area contributed by atoms with E-state index in [0.29, 0.717) is 16.9 Å². The molecule has 6 rings (SSSR count). The molecular formula is C23H19N3O5. The minimum atomic E-state index is -0.511. The second-order valence-electron chi connectivity index (χ2n) is 8.16. The zero-order valence-electron chi connectivity index (χ0n) is 16.4. The number of allylic oxidation sites excluding steroid dienone is 2. The van der Waals surface area contributed by atoms with E-state index >= 15 is 0 Å². The molecule has 3 amide bonds. The number of hydrogen-bond donors (Lipinski definition) is 1. The van der Waals surface area contributed by atoms with Gasteiger partial charge in [0.2, 0.25) is 11.8 Å². The number of nitrogens with zero attached hydrogens (tertiary/aromatic N) is 2. The molecule has 2 bridgehead atoms. The average Bonchev–Trinajstić information content (AvgIpc) is 3.07. The van der Waals surface area contributed by atoms with Crippen LogP contribution in [0.5, 0.6) is 0 Å². The summed E-state index contributed by atoms with van der Waals surface area (Å²) in [5.41, 5.74) is 1.18. The second kappa shape index (κ2) is 7.16. The van der Waals surface area contributed by atoms with Crippen molar-refractivity contribution in [3.8, 4) is 0 Å². The first-order valence-electron chi connectivity index (χ1n) is 10.2. The molecular weight excluding hydrogens is 398 g/mol. The molecule has 0 spiro atoms. The van der Waals surface area contributed by atoms with E-state index in [2.05, 4.69) is 17.5 Å². The second-order valence-corrected chi connectivity index (χ2v) is 8.16. The first kappa shape index (κ1) is 19.2. The van der Waals surface area contributed by atoms with Crippen molar-refractivity contribution < 1.29 is 19.3 Å². The van der Waals surface area contributed by atoms with Crippen LogP contribution in [-0.2, 0) is 9.59 Å². The van der Waals surface area contributed by atoms with Crippen molar-refractivity contribution in [3.63, 3.8) is 0 Å². The Kier molecular flexibility index (Phi) is 4.43. The van der Waals surface area contributed by atoms with Crippen molar-refractivity contribution in [3.05, 3.63) is 76.4 Å². The molecule has 3 aliphatic carbocycles. The molecule has 1 saturated carbocycles. The van der Waals surface area contributed by atoms with Crippen LogP contribution in [0, 0.1) is 33.8 Å². The number of anilines is 2. The summed E-state index contributed by atoms with van der Waals surface area (Å²) in [5, 5.41) is 13.4. The third kappa shape index (κ3) is 3.11. The highest BCUT2D eigenvalue weighted by atomic mass is 16.6. The molecule has 8 heteroatoms. The Hall–Kier alpha value is -3.81. The van der Waals surface area contributed by atoms with Crippen LogP contribution in [-0.4, -0.2) is 22.6 Å². The Balaban J connectivity index is 1.32. The van der Waals surface area contributed by atoms with Gasteiger partial charge in [-0.25, -0.2) is 0 Å². The van der Waals surface area contributed by atoms with E-state index in [1.54, 1.807) is 24.3 Å². The van der Waals surface area contributed by atoms with Crippen LogP contribution < -0.4 is 10.2 Å². The van der Waals surface area contributed by atoms with E-state index in [4.69, 9.17) is 0 Å². The molecule has 2 fully saturated rings. The monoisotopic (exact) mass is 417 g/mol. The molecule has 1 N–H and O–H groups in total. The van der Waals surface area contributed by atoms with Crippen LogP contribution in [0.2, 0.25) is 0 Å². The minimum absolute atomic E-state index is 0.0634. The lowest BCUT2D eigenvalue weighted by atomic mass is 9.63. The van der Waals surface area contributed by atoms with Gasteiger partial charge < -0.3 is 5.32 Å². The summed E-state index contributed by atoms with van der Waals surface area (Å²) < 4.78 is 0. The van der Waals surface area contributed by atoms with E-state index in [9.17, 15) is 24.5 Å². The third-order valence-electron chi connectivity index (χ3n) is 6.48. The Morgan fingerprint density at radius 2 is 1.45 bits per heavy atom. The smallest absolute Gasteiger partial charge is 0.269 e. The van der Waals surface area contributed by atoms with E-state index in [1.807, 2.05) is 0 Å². The number of benzene rings is 2. The maximum Gasteiger partial charge on any atom is 0.269 e. The summed E-state index contributed by atoms with van der Waals surface area (Å²) in [7, 11) is 0. The lowest BCUT2D eigenvalue weighted by Crippen LogP contribution is -2.38. The summed E-state index contributed by atoms with van der Waals surface area (Å²) in [6.45, 7) is 0. The molecule has 0 aromatic heterocycles. The Morgan fingerprint density at radius 3 is 1.94 bits per heavy atom. The molecule has 8 nitrogen and oxygen atoms in total. The quantitative estimate of drug-likeness (QED) is 0.354. The van der Waals surface area contributed by atoms with Gasteiger partial charge in [-0.2, -0.15) is 0 Å². The zero-order valence-corrected chi connectivity index (χ0v) is 16.4. The number of carbonyl (C=O) groups excluding carboxylic acids is 3. The van der Waals surface area contributed by atoms with E-state index < -0.39 is 10.8 Å². The summed E-state index contributed by atoms with van der Waals surface area (Å²) in [6, 6.07) is 11.9. The molecule has 31 heavy (non-hydrogen) atoms. The zero-order chi connectivity index (χ0) is 21.7. The van der Waals surface area contributed by atoms with Gasteiger partial charge >= 0.3 is 0 Å². The maximum atomic E-state index is 13.0. The molecule has 156 valence electrons. The van der Waals surface area contributed by atoms with E-state index in [-0.39, 0.29) is 41.2 Å². The first-order valence-corrected chi connectivity index (χ1v) is 10.2. The van der Waals surface area contributed by atoms with Crippen LogP contribution in [0.25, 0.3) is 0 Å². The topological polar surface area (TPSA) is 110 Å². The normalized spacial score (nSPS) is 26.1. The van der Waals surface area contributed by atoms with Gasteiger partial charge in [0.15, 0.2) is 0 Å². The largest absolute Gasteiger partial charge is 0.322 e. The molecule has 1 heterocycles. The number of hydrogen-bond acceptors (Lipinski definition) is 5. The van der Waals surface area contributed by atoms with Gasteiger partial charge in [0.05, 0.1) is 22.4 Å². The Labute approximate surface area is 177 Å². The van der Waals surface area contributed by atoms with E-state index in [1.165, 1.54) is 29.2 Å². The summed E-state index contributed by atoms with van der Waals surface area (Å²) in [6.07, 6.45) is 6.04. The number of rotatable bonds is 4. The predicted molar refractivity (Wildman–Crippen MR) is 112 cm³/mol. The van der Waals surface area contributed by atoms with Gasteiger partial charge in [-0.3, -0.25) is 29.4 Å². The van der Waals surface area contributed by atoms with Crippen LogP contribution in [0.1, 0.15) is 23.2 Å². The lowest BCUT2D eigenvalue weighted by molar-refractivity contribution is -0.384. The number of nitro benzene ring substituents is 1. The minimum Gasteiger partial charge on any atom is -0.322 e. The predicted octanol–water partition coefficient (Wildman–Crippen LogP) is 3.55. The maximum absolute atomic E-state index is 13.0. The van der Waals surface area contributed by atoms with Gasteiger partial charge in [-0.1, -0.05) is 12.2 Å². The highest BCUT2D eigenvalue weighted by Crippen LogP contribution is 2.50. The van der Waals surface area contributed by atoms with Gasteiger partial charge in [-0.15, -0.1) is 0 Å². The van der Waals surface area contributed by atoms with Crippen LogP contribution in [0.15, 0.2) is 60.7 Å². The van der Waals surface area contributed by atoms with Crippen molar-refractivity contribution >= 4 is 34.8 Å². The van der Waals surface area contributed by atoms with Crippen molar-refractivity contribution in [1.29, 1.82) is 0 Å². The molecule has 4 aliphatic rings. The van der Waals surface area contributed by atoms with Crippen molar-refractivity contribution in [1.82, 2.24) is 0 Å². The van der Waals surface area contributed by atoms with Crippen LogP contribution in [0.4, 0.5) is 17.1 Å². The SMILES string of the molecule is O=C(Nc1ccc([N+](=O)[O-])cc1)c1ccc(N2C(=O)C3C4C=CC(CC4)C3C2=O)cc1. The molecule has 2 aromatic carbocycles. The van der Waals surface area contributed by atoms with Crippen LogP contribution >= 0.6 is 0 Å². The van der Waals surface area contributed by atoms with Crippen molar-refractivity contribution in [2.75, 3.05) is 10.2 Å². The summed E-state index contributed by atoms with van der Waals surface area (Å²) >= 11 is 0. The van der Waals surface area contributed by atoms with Gasteiger partial charge in [0.1, 0.15) is 0 Å². The highest BCUT2D eigenvalue weighted by molar-refractivity contribution is 6.22. The summed E-state index contributed by atoms with van der Waals surface area (Å²) in [5.74, 6) is -1.00. The molecule has 4 atom stereocenters. The number of non-ortho nitro benzene ring substituents is 1. The molecule has 4 unspecified atom stereocenters. The van der Waals surface area contributed by atoms with Crippen LogP contribution in [0.3, 0.4) is 0 Å². The third-order valence-corrected chi connectivity index (χ3v) is 6.48. The van der Waals surface area contributed by atoms with Gasteiger partial charge in [-0.05, 0) is 61.1 Å². The standard InChI is InChI=1S/C23H19N3O5/c27-21(24-16-7-11-18(12-8-16)26(30)31)15-5-9-17(10-6-15)25-22(28)19-13-1-2-14(4-3-13)20(19)23(25)29/h1-2,5-14,19-20H,3-4H2,(H,24,27). The molecule has 1 aliphatic heterocycles. The summed E-state index contributed by atoms with van der Waals surface area (Å²) in [4.78, 5) is 50.0. The lowest BCUT2D eigenvalue weighted by Gasteiger charge is -2.38. The molecule has 2 aromatic rings. The Bertz CT molecular complexity index is 1090. The molecule has 1 saturated heterocycles. The fourth-order valence-corrected chi connectivity index (χ4v) is 4.96. The number of amides is 3. The first-order chi connectivity index (χ1) is 14.9. The van der Waals surface area contributed by atoms with E-state index in [0.717, 1.165) is 12.8 Å². The fraction of sp³-hybridized carbons (Fsp3) is 0.261. The Morgan fingerprint density at radius 1 is 0.903 bits per heavy atom. The number of fused-ring (bicyclic) bond motifs is 1. The number of nitrogens with one attached hydrogen (secondary N) is 1. The highest BCUT2D eigenvalue weighted by Gasteiger charge is 2.56. The van der Waals surface area contributed by atoms with Crippen molar-refractivity contribution in [2.45, 2.75) is 12.8 Å². The number of imide groups is 1. The number of carbonyl (C=O) groups is 3. The average molecular weight is 417 g/mol. The molecule has 0 radical (unpaired) electrons. The number of nitro groups is 1. The van der Waals surface area contributed by atoms with Gasteiger partial charge in [0, 0.05) is 23.4 Å². The van der Waals surface area contributed by atoms with Gasteiger partial charge in [0.25, 0.3) is 11.6 Å². The fourth-order valence-electron chi connectivity index (χ4n) is 4.96. The van der Waals surface area contributed by atoms with Crippen molar-refractivity contribution in [2.24, 2.45) is 23.7 Å².